The van der Waals surface area contributed by atoms with Crippen LogP contribution in [0, 0.1) is 0 Å². The minimum absolute atomic E-state index is 0.919. The molecule has 0 spiro atoms. The fourth-order valence-electron chi connectivity index (χ4n) is 3.78. The average molecular weight is 376 g/mol. The third-order valence-electron chi connectivity index (χ3n) is 5.33. The molecule has 2 aromatic heterocycles. The zero-order valence-electron chi connectivity index (χ0n) is 16.4. The fraction of sp³-hybridized carbons (Fsp3) is 0.391. The van der Waals surface area contributed by atoms with E-state index in [1.807, 2.05) is 30.6 Å². The highest BCUT2D eigenvalue weighted by Crippen LogP contribution is 2.25. The van der Waals surface area contributed by atoms with Gasteiger partial charge in [-0.3, -0.25) is 4.98 Å². The Morgan fingerprint density at radius 1 is 0.857 bits per heavy atom. The van der Waals surface area contributed by atoms with Crippen LogP contribution in [0.2, 0.25) is 0 Å². The van der Waals surface area contributed by atoms with E-state index in [-0.39, 0.29) is 0 Å². The van der Waals surface area contributed by atoms with Crippen molar-refractivity contribution >= 4 is 22.4 Å². The van der Waals surface area contributed by atoms with E-state index >= 15 is 0 Å². The molecule has 4 heterocycles. The summed E-state index contributed by atoms with van der Waals surface area (Å²) in [6, 6.07) is 12.3. The van der Waals surface area contributed by atoms with Gasteiger partial charge in [0, 0.05) is 23.7 Å². The number of nitrogens with one attached hydrogen (secondary N) is 3. The molecule has 3 N–H and O–H groups in total. The van der Waals surface area contributed by atoms with Crippen molar-refractivity contribution in [1.82, 2.24) is 20.6 Å². The van der Waals surface area contributed by atoms with Gasteiger partial charge in [-0.15, -0.1) is 0 Å². The maximum Gasteiger partial charge on any atom is 0.133 e. The Kier molecular flexibility index (Phi) is 6.48. The number of hydrogen-bond acceptors (Lipinski definition) is 5. The van der Waals surface area contributed by atoms with Crippen molar-refractivity contribution in [1.29, 1.82) is 0 Å². The molecule has 1 saturated heterocycles. The van der Waals surface area contributed by atoms with Crippen molar-refractivity contribution in [2.24, 2.45) is 0 Å². The van der Waals surface area contributed by atoms with Crippen molar-refractivity contribution < 1.29 is 0 Å². The fourth-order valence-corrected chi connectivity index (χ4v) is 3.78. The SMILES string of the molecule is C1CCCNCC1.c1ccc2ncc(Nc3nccc4c3CCNC4)cc2c1. The number of anilines is 2. The highest BCUT2D eigenvalue weighted by Gasteiger charge is 2.13. The van der Waals surface area contributed by atoms with Gasteiger partial charge in [0.25, 0.3) is 0 Å². The second-order valence-electron chi connectivity index (χ2n) is 7.43. The number of hydrogen-bond donors (Lipinski definition) is 3. The number of para-hydroxylation sites is 1. The van der Waals surface area contributed by atoms with Crippen molar-refractivity contribution in [2.75, 3.05) is 25.0 Å². The van der Waals surface area contributed by atoms with Crippen molar-refractivity contribution in [3.05, 3.63) is 59.9 Å². The molecule has 0 aliphatic carbocycles. The van der Waals surface area contributed by atoms with E-state index in [2.05, 4.69) is 44.1 Å². The topological polar surface area (TPSA) is 61.9 Å². The van der Waals surface area contributed by atoms with Crippen LogP contribution in [0.3, 0.4) is 0 Å². The van der Waals surface area contributed by atoms with E-state index in [1.165, 1.54) is 49.9 Å². The van der Waals surface area contributed by atoms with Crippen molar-refractivity contribution in [2.45, 2.75) is 38.6 Å². The minimum atomic E-state index is 0.919. The molecule has 0 bridgehead atoms. The van der Waals surface area contributed by atoms with Crippen LogP contribution in [0.4, 0.5) is 11.5 Å². The number of fused-ring (bicyclic) bond motifs is 2. The summed E-state index contributed by atoms with van der Waals surface area (Å²) >= 11 is 0. The standard InChI is InChI=1S/C17H16N4.C6H13N/c1-2-4-16-12(3-1)9-14(11-20-16)21-17-15-6-7-18-10-13(15)5-8-19-17;1-2-4-6-7-5-3-1/h1-5,8-9,11,18H,6-7,10H2,(H,19,21);7H,1-6H2. The third kappa shape index (κ3) is 4.86. The van der Waals surface area contributed by atoms with Crippen molar-refractivity contribution in [3.63, 3.8) is 0 Å². The molecule has 0 saturated carbocycles. The first-order chi connectivity index (χ1) is 13.9. The second-order valence-corrected chi connectivity index (χ2v) is 7.43. The van der Waals surface area contributed by atoms with Crippen LogP contribution in [0.5, 0.6) is 0 Å². The molecule has 1 fully saturated rings. The molecule has 2 aliphatic heterocycles. The maximum absolute atomic E-state index is 4.50. The maximum atomic E-state index is 4.50. The Labute approximate surface area is 167 Å². The summed E-state index contributed by atoms with van der Waals surface area (Å²) in [5.41, 5.74) is 4.63. The van der Waals surface area contributed by atoms with Gasteiger partial charge in [0.15, 0.2) is 0 Å². The molecule has 0 radical (unpaired) electrons. The lowest BCUT2D eigenvalue weighted by Crippen LogP contribution is -2.24. The molecule has 3 aromatic rings. The summed E-state index contributed by atoms with van der Waals surface area (Å²) in [4.78, 5) is 8.99. The Morgan fingerprint density at radius 3 is 2.61 bits per heavy atom. The molecule has 146 valence electrons. The summed E-state index contributed by atoms with van der Waals surface area (Å²) in [5.74, 6) is 0.950. The quantitative estimate of drug-likeness (QED) is 0.627. The minimum Gasteiger partial charge on any atom is -0.339 e. The normalized spacial score (nSPS) is 16.4. The average Bonchev–Trinajstić information content (AvgIpc) is 3.08. The number of aromatic nitrogens is 2. The van der Waals surface area contributed by atoms with E-state index in [0.717, 1.165) is 41.9 Å². The summed E-state index contributed by atoms with van der Waals surface area (Å²) in [7, 11) is 0. The van der Waals surface area contributed by atoms with Gasteiger partial charge < -0.3 is 16.0 Å². The van der Waals surface area contributed by atoms with Gasteiger partial charge in [-0.25, -0.2) is 4.98 Å². The van der Waals surface area contributed by atoms with E-state index in [0.29, 0.717) is 0 Å². The van der Waals surface area contributed by atoms with Gasteiger partial charge in [0.1, 0.15) is 5.82 Å². The van der Waals surface area contributed by atoms with E-state index < -0.39 is 0 Å². The number of pyridine rings is 2. The molecular formula is C23H29N5. The summed E-state index contributed by atoms with van der Waals surface area (Å²) in [6.07, 6.45) is 10.4. The first-order valence-corrected chi connectivity index (χ1v) is 10.4. The van der Waals surface area contributed by atoms with Gasteiger partial charge in [0.2, 0.25) is 0 Å². The van der Waals surface area contributed by atoms with Gasteiger partial charge in [-0.05, 0) is 62.7 Å². The Balaban J connectivity index is 0.000000233. The molecule has 5 rings (SSSR count). The van der Waals surface area contributed by atoms with Gasteiger partial charge in [-0.1, -0.05) is 31.0 Å². The van der Waals surface area contributed by atoms with Crippen LogP contribution in [0.25, 0.3) is 10.9 Å². The van der Waals surface area contributed by atoms with Crippen LogP contribution in [-0.2, 0) is 13.0 Å². The summed E-state index contributed by atoms with van der Waals surface area (Å²) in [6.45, 7) is 4.42. The monoisotopic (exact) mass is 375 g/mol. The second kappa shape index (κ2) is 9.62. The van der Waals surface area contributed by atoms with E-state index in [1.54, 1.807) is 0 Å². The molecule has 2 aliphatic rings. The lowest BCUT2D eigenvalue weighted by molar-refractivity contribution is 0.642. The van der Waals surface area contributed by atoms with Crippen LogP contribution < -0.4 is 16.0 Å². The predicted octanol–water partition coefficient (Wildman–Crippen LogP) is 4.17. The van der Waals surface area contributed by atoms with Crippen LogP contribution in [-0.4, -0.2) is 29.6 Å². The Morgan fingerprint density at radius 2 is 1.71 bits per heavy atom. The Bertz CT molecular complexity index is 889. The third-order valence-corrected chi connectivity index (χ3v) is 5.33. The molecule has 0 amide bonds. The first kappa shape index (κ1) is 18.8. The number of benzene rings is 1. The number of nitrogens with zero attached hydrogens (tertiary/aromatic N) is 2. The highest BCUT2D eigenvalue weighted by molar-refractivity contribution is 5.82. The largest absolute Gasteiger partial charge is 0.339 e. The smallest absolute Gasteiger partial charge is 0.133 e. The molecule has 5 nitrogen and oxygen atoms in total. The first-order valence-electron chi connectivity index (χ1n) is 10.4. The lowest BCUT2D eigenvalue weighted by Gasteiger charge is -2.20. The number of rotatable bonds is 2. The lowest BCUT2D eigenvalue weighted by atomic mass is 10.0. The summed E-state index contributed by atoms with van der Waals surface area (Å²) in [5, 5.41) is 11.3. The zero-order valence-corrected chi connectivity index (χ0v) is 16.4. The van der Waals surface area contributed by atoms with Crippen LogP contribution in [0.15, 0.2) is 48.8 Å². The zero-order chi connectivity index (χ0) is 19.0. The van der Waals surface area contributed by atoms with Gasteiger partial charge in [0.05, 0.1) is 17.4 Å². The van der Waals surface area contributed by atoms with E-state index in [9.17, 15) is 0 Å². The van der Waals surface area contributed by atoms with Gasteiger partial charge in [-0.2, -0.15) is 0 Å². The highest BCUT2D eigenvalue weighted by atomic mass is 15.0. The molecule has 1 aromatic carbocycles. The van der Waals surface area contributed by atoms with E-state index in [4.69, 9.17) is 0 Å². The van der Waals surface area contributed by atoms with Crippen LogP contribution in [0.1, 0.15) is 36.8 Å². The molecule has 0 unspecified atom stereocenters. The predicted molar refractivity (Wildman–Crippen MR) is 116 cm³/mol. The Hall–Kier alpha value is -2.50. The van der Waals surface area contributed by atoms with Gasteiger partial charge >= 0.3 is 0 Å². The summed E-state index contributed by atoms with van der Waals surface area (Å²) < 4.78 is 0. The molecular weight excluding hydrogens is 346 g/mol. The molecule has 0 atom stereocenters. The molecule has 5 heteroatoms. The van der Waals surface area contributed by atoms with Crippen LogP contribution >= 0.6 is 0 Å². The van der Waals surface area contributed by atoms with Crippen molar-refractivity contribution in [3.8, 4) is 0 Å². The molecule has 28 heavy (non-hydrogen) atoms.